The lowest BCUT2D eigenvalue weighted by molar-refractivity contribution is 0.160. The van der Waals surface area contributed by atoms with Gasteiger partial charge in [0.15, 0.2) is 0 Å². The van der Waals surface area contributed by atoms with E-state index in [0.29, 0.717) is 0 Å². The summed E-state index contributed by atoms with van der Waals surface area (Å²) in [6.07, 6.45) is 9.44. The van der Waals surface area contributed by atoms with Gasteiger partial charge in [0.05, 0.1) is 6.61 Å². The van der Waals surface area contributed by atoms with Crippen molar-refractivity contribution in [3.8, 4) is 5.75 Å². The van der Waals surface area contributed by atoms with Gasteiger partial charge in [0, 0.05) is 12.5 Å². The Labute approximate surface area is 121 Å². The highest BCUT2D eigenvalue weighted by atomic mass is 16.5. The van der Waals surface area contributed by atoms with Gasteiger partial charge in [-0.05, 0) is 74.1 Å². The fraction of sp³-hybridized carbons (Fsp3) is 0.667. The molecular weight excluding hydrogens is 246 g/mol. The molecule has 1 aliphatic heterocycles. The Hall–Kier alpha value is -1.02. The van der Waals surface area contributed by atoms with E-state index in [1.807, 2.05) is 0 Å². The second kappa shape index (κ2) is 5.40. The summed E-state index contributed by atoms with van der Waals surface area (Å²) in [4.78, 5) is 0. The monoisotopic (exact) mass is 271 g/mol. The number of ether oxygens (including phenoxy) is 1. The third kappa shape index (κ3) is 2.71. The van der Waals surface area contributed by atoms with Crippen molar-refractivity contribution in [2.24, 2.45) is 11.8 Å². The smallest absolute Gasteiger partial charge is 0.122 e. The molecule has 1 heterocycles. The van der Waals surface area contributed by atoms with E-state index in [4.69, 9.17) is 4.74 Å². The summed E-state index contributed by atoms with van der Waals surface area (Å²) in [5, 5.41) is 3.70. The van der Waals surface area contributed by atoms with E-state index in [1.54, 1.807) is 0 Å². The molecule has 0 aromatic heterocycles. The number of hydrogen-bond acceptors (Lipinski definition) is 2. The van der Waals surface area contributed by atoms with E-state index in [-0.39, 0.29) is 0 Å². The highest BCUT2D eigenvalue weighted by Gasteiger charge is 2.31. The fourth-order valence-electron chi connectivity index (χ4n) is 3.64. The molecule has 3 aliphatic rings. The zero-order chi connectivity index (χ0) is 13.4. The Morgan fingerprint density at radius 1 is 1.10 bits per heavy atom. The number of benzene rings is 1. The molecule has 4 rings (SSSR count). The lowest BCUT2D eigenvalue weighted by Crippen LogP contribution is -2.36. The summed E-state index contributed by atoms with van der Waals surface area (Å²) in [6.45, 7) is 2.14. The molecule has 0 spiro atoms. The number of hydrogen-bond donors (Lipinski definition) is 1. The van der Waals surface area contributed by atoms with Crippen LogP contribution in [0.1, 0.15) is 43.2 Å². The van der Waals surface area contributed by atoms with Gasteiger partial charge >= 0.3 is 0 Å². The Balaban J connectivity index is 1.27. The molecule has 2 nitrogen and oxygen atoms in total. The van der Waals surface area contributed by atoms with E-state index < -0.39 is 0 Å². The quantitative estimate of drug-likeness (QED) is 0.857. The first kappa shape index (κ1) is 12.7. The molecule has 20 heavy (non-hydrogen) atoms. The summed E-state index contributed by atoms with van der Waals surface area (Å²) < 4.78 is 5.58. The molecule has 2 aliphatic carbocycles. The maximum atomic E-state index is 5.58. The van der Waals surface area contributed by atoms with Gasteiger partial charge in [-0.3, -0.25) is 0 Å². The lowest BCUT2D eigenvalue weighted by atomic mass is 9.71. The minimum Gasteiger partial charge on any atom is -0.493 e. The minimum absolute atomic E-state index is 0.868. The van der Waals surface area contributed by atoms with Gasteiger partial charge in [0.1, 0.15) is 5.75 Å². The van der Waals surface area contributed by atoms with Crippen LogP contribution in [-0.4, -0.2) is 19.2 Å². The molecule has 1 N–H and O–H groups in total. The molecule has 0 amide bonds. The predicted molar refractivity (Wildman–Crippen MR) is 81.2 cm³/mol. The molecular formula is C18H25NO. The van der Waals surface area contributed by atoms with E-state index in [0.717, 1.165) is 36.7 Å². The zero-order valence-electron chi connectivity index (χ0n) is 12.2. The first-order chi connectivity index (χ1) is 9.88. The van der Waals surface area contributed by atoms with E-state index in [2.05, 4.69) is 23.5 Å². The average Bonchev–Trinajstić information content (AvgIpc) is 3.14. The van der Waals surface area contributed by atoms with Crippen LogP contribution in [0, 0.1) is 11.8 Å². The maximum absolute atomic E-state index is 5.58. The summed E-state index contributed by atoms with van der Waals surface area (Å²) in [5.41, 5.74) is 2.93. The van der Waals surface area contributed by atoms with Crippen molar-refractivity contribution in [2.45, 2.75) is 51.0 Å². The second-order valence-corrected chi connectivity index (χ2v) is 6.86. The topological polar surface area (TPSA) is 21.3 Å². The SMILES string of the molecule is c1cc2c(cc1CCC1CCC1CNC1CC1)CCO2. The third-order valence-corrected chi connectivity index (χ3v) is 5.38. The van der Waals surface area contributed by atoms with Crippen LogP contribution in [0.15, 0.2) is 18.2 Å². The van der Waals surface area contributed by atoms with Crippen molar-refractivity contribution in [2.75, 3.05) is 13.2 Å². The molecule has 2 saturated carbocycles. The van der Waals surface area contributed by atoms with Gasteiger partial charge in [-0.15, -0.1) is 0 Å². The van der Waals surface area contributed by atoms with Gasteiger partial charge in [0.2, 0.25) is 0 Å². The summed E-state index contributed by atoms with van der Waals surface area (Å²) in [7, 11) is 0. The van der Waals surface area contributed by atoms with Crippen LogP contribution in [0.3, 0.4) is 0 Å². The molecule has 0 bridgehead atoms. The molecule has 1 aromatic carbocycles. The van der Waals surface area contributed by atoms with Crippen LogP contribution >= 0.6 is 0 Å². The van der Waals surface area contributed by atoms with Crippen LogP contribution in [0.2, 0.25) is 0 Å². The zero-order valence-corrected chi connectivity index (χ0v) is 12.2. The van der Waals surface area contributed by atoms with E-state index in [1.165, 1.54) is 56.2 Å². The van der Waals surface area contributed by atoms with Crippen LogP contribution in [0.5, 0.6) is 5.75 Å². The van der Waals surface area contributed by atoms with E-state index >= 15 is 0 Å². The van der Waals surface area contributed by atoms with Crippen LogP contribution in [-0.2, 0) is 12.8 Å². The normalized spacial score (nSPS) is 27.8. The van der Waals surface area contributed by atoms with E-state index in [9.17, 15) is 0 Å². The standard InChI is InChI=1S/C18H25NO/c1(13-2-8-18-15(11-13)9-10-20-18)3-14-4-5-16(14)12-19-17-6-7-17/h2,8,11,14,16-17,19H,1,3-7,9-10,12H2. The highest BCUT2D eigenvalue weighted by molar-refractivity contribution is 5.39. The summed E-state index contributed by atoms with van der Waals surface area (Å²) in [6, 6.07) is 7.68. The van der Waals surface area contributed by atoms with Gasteiger partial charge in [-0.1, -0.05) is 12.1 Å². The predicted octanol–water partition coefficient (Wildman–Crippen LogP) is 3.33. The van der Waals surface area contributed by atoms with Crippen molar-refractivity contribution >= 4 is 0 Å². The number of nitrogens with one attached hydrogen (secondary N) is 1. The maximum Gasteiger partial charge on any atom is 0.122 e. The largest absolute Gasteiger partial charge is 0.493 e. The first-order valence-electron chi connectivity index (χ1n) is 8.36. The Kier molecular flexibility index (Phi) is 3.43. The number of rotatable bonds is 6. The van der Waals surface area contributed by atoms with Crippen molar-refractivity contribution in [1.82, 2.24) is 5.32 Å². The van der Waals surface area contributed by atoms with Gasteiger partial charge < -0.3 is 10.1 Å². The summed E-state index contributed by atoms with van der Waals surface area (Å²) >= 11 is 0. The molecule has 0 saturated heterocycles. The Bertz CT molecular complexity index is 480. The van der Waals surface area contributed by atoms with Gasteiger partial charge in [-0.2, -0.15) is 0 Å². The third-order valence-electron chi connectivity index (χ3n) is 5.38. The molecule has 108 valence electrons. The molecule has 2 unspecified atom stereocenters. The van der Waals surface area contributed by atoms with Crippen molar-refractivity contribution in [3.05, 3.63) is 29.3 Å². The van der Waals surface area contributed by atoms with Gasteiger partial charge in [-0.25, -0.2) is 0 Å². The summed E-state index contributed by atoms with van der Waals surface area (Å²) in [5.74, 6) is 3.03. The van der Waals surface area contributed by atoms with Crippen molar-refractivity contribution in [3.63, 3.8) is 0 Å². The van der Waals surface area contributed by atoms with Gasteiger partial charge in [0.25, 0.3) is 0 Å². The fourth-order valence-corrected chi connectivity index (χ4v) is 3.64. The lowest BCUT2D eigenvalue weighted by Gasteiger charge is -2.37. The average molecular weight is 271 g/mol. The molecule has 2 heteroatoms. The highest BCUT2D eigenvalue weighted by Crippen LogP contribution is 2.38. The first-order valence-corrected chi connectivity index (χ1v) is 8.36. The number of fused-ring (bicyclic) bond motifs is 1. The molecule has 0 radical (unpaired) electrons. The Morgan fingerprint density at radius 2 is 2.00 bits per heavy atom. The van der Waals surface area contributed by atoms with Crippen LogP contribution in [0.4, 0.5) is 0 Å². The molecule has 2 fully saturated rings. The minimum atomic E-state index is 0.868. The second-order valence-electron chi connectivity index (χ2n) is 6.86. The molecule has 2 atom stereocenters. The number of aryl methyl sites for hydroxylation is 1. The van der Waals surface area contributed by atoms with Crippen LogP contribution < -0.4 is 10.1 Å². The van der Waals surface area contributed by atoms with Crippen molar-refractivity contribution in [1.29, 1.82) is 0 Å². The van der Waals surface area contributed by atoms with Crippen LogP contribution in [0.25, 0.3) is 0 Å². The Morgan fingerprint density at radius 3 is 2.80 bits per heavy atom. The van der Waals surface area contributed by atoms with Crippen molar-refractivity contribution < 1.29 is 4.74 Å². The molecule has 1 aromatic rings.